The van der Waals surface area contributed by atoms with Crippen LogP contribution >= 0.6 is 0 Å². The Kier molecular flexibility index (Phi) is 3.14. The van der Waals surface area contributed by atoms with E-state index in [2.05, 4.69) is 15.5 Å². The van der Waals surface area contributed by atoms with Gasteiger partial charge in [0.1, 0.15) is 0 Å². The summed E-state index contributed by atoms with van der Waals surface area (Å²) in [4.78, 5) is 25.5. The van der Waals surface area contributed by atoms with Gasteiger partial charge in [-0.25, -0.2) is 0 Å². The zero-order valence-corrected chi connectivity index (χ0v) is 11.2. The highest BCUT2D eigenvalue weighted by atomic mass is 16.2. The zero-order valence-electron chi connectivity index (χ0n) is 11.2. The van der Waals surface area contributed by atoms with Gasteiger partial charge in [0.05, 0.1) is 17.6 Å². The van der Waals surface area contributed by atoms with Gasteiger partial charge in [0.2, 0.25) is 11.8 Å². The molecule has 2 N–H and O–H groups in total. The Labute approximate surface area is 116 Å². The average molecular weight is 272 g/mol. The number of rotatable bonds is 3. The first-order valence-corrected chi connectivity index (χ1v) is 6.69. The van der Waals surface area contributed by atoms with Gasteiger partial charge in [-0.2, -0.15) is 5.10 Å². The molecule has 0 radical (unpaired) electrons. The van der Waals surface area contributed by atoms with Crippen molar-refractivity contribution in [2.24, 2.45) is 5.92 Å². The van der Waals surface area contributed by atoms with Gasteiger partial charge >= 0.3 is 0 Å². The molecule has 6 heteroatoms. The van der Waals surface area contributed by atoms with Crippen molar-refractivity contribution < 1.29 is 9.59 Å². The Balaban J connectivity index is 1.71. The van der Waals surface area contributed by atoms with E-state index in [1.165, 1.54) is 0 Å². The first kappa shape index (κ1) is 12.7. The Morgan fingerprint density at radius 1 is 1.55 bits per heavy atom. The summed E-state index contributed by atoms with van der Waals surface area (Å²) >= 11 is 0. The summed E-state index contributed by atoms with van der Waals surface area (Å²) in [5.41, 5.74) is 1.66. The standard InChI is InChI=1S/C14H16N4O2/c1-2-18-8-10(6-13(18)19)14(20)16-11-3-4-12-9(5-11)7-15-17-12/h3-5,7,10H,2,6,8H2,1H3,(H,15,17)(H,16,20). The summed E-state index contributed by atoms with van der Waals surface area (Å²) in [6, 6.07) is 5.56. The quantitative estimate of drug-likeness (QED) is 0.885. The van der Waals surface area contributed by atoms with E-state index in [1.54, 1.807) is 11.1 Å². The van der Waals surface area contributed by atoms with Crippen LogP contribution in [0.2, 0.25) is 0 Å². The first-order valence-electron chi connectivity index (χ1n) is 6.69. The van der Waals surface area contributed by atoms with Gasteiger partial charge in [-0.3, -0.25) is 14.7 Å². The summed E-state index contributed by atoms with van der Waals surface area (Å²) in [6.07, 6.45) is 2.01. The van der Waals surface area contributed by atoms with Crippen LogP contribution in [0.5, 0.6) is 0 Å². The number of fused-ring (bicyclic) bond motifs is 1. The third-order valence-corrected chi connectivity index (χ3v) is 3.67. The number of H-pyrrole nitrogens is 1. The number of likely N-dealkylation sites (tertiary alicyclic amines) is 1. The minimum absolute atomic E-state index is 0.0536. The number of benzene rings is 1. The van der Waals surface area contributed by atoms with Crippen molar-refractivity contribution in [1.82, 2.24) is 15.1 Å². The number of carbonyl (C=O) groups is 2. The molecule has 0 saturated carbocycles. The maximum absolute atomic E-state index is 12.2. The maximum Gasteiger partial charge on any atom is 0.229 e. The molecule has 1 aromatic carbocycles. The Hall–Kier alpha value is -2.37. The lowest BCUT2D eigenvalue weighted by Gasteiger charge is -2.13. The second kappa shape index (κ2) is 4.96. The van der Waals surface area contributed by atoms with Crippen LogP contribution in [0, 0.1) is 5.92 Å². The van der Waals surface area contributed by atoms with Gasteiger partial charge in [-0.05, 0) is 25.1 Å². The predicted octanol–water partition coefficient (Wildman–Crippen LogP) is 1.37. The molecule has 0 spiro atoms. The summed E-state index contributed by atoms with van der Waals surface area (Å²) < 4.78 is 0. The molecule has 1 unspecified atom stereocenters. The summed E-state index contributed by atoms with van der Waals surface area (Å²) in [6.45, 7) is 3.09. The molecule has 3 rings (SSSR count). The third-order valence-electron chi connectivity index (χ3n) is 3.67. The largest absolute Gasteiger partial charge is 0.342 e. The molecular formula is C14H16N4O2. The van der Waals surface area contributed by atoms with Crippen LogP contribution in [-0.2, 0) is 9.59 Å². The number of aromatic nitrogens is 2. The van der Waals surface area contributed by atoms with Gasteiger partial charge in [-0.15, -0.1) is 0 Å². The minimum atomic E-state index is -0.262. The molecule has 0 aliphatic carbocycles. The highest BCUT2D eigenvalue weighted by Gasteiger charge is 2.33. The normalized spacial score (nSPS) is 18.8. The van der Waals surface area contributed by atoms with E-state index in [0.29, 0.717) is 19.5 Å². The molecule has 1 aromatic heterocycles. The molecule has 6 nitrogen and oxygen atoms in total. The molecule has 0 bridgehead atoms. The predicted molar refractivity (Wildman–Crippen MR) is 75.1 cm³/mol. The van der Waals surface area contributed by atoms with Gasteiger partial charge in [0.15, 0.2) is 0 Å². The van der Waals surface area contributed by atoms with Crippen molar-refractivity contribution in [2.75, 3.05) is 18.4 Å². The van der Waals surface area contributed by atoms with Crippen molar-refractivity contribution >= 4 is 28.4 Å². The van der Waals surface area contributed by atoms with E-state index < -0.39 is 0 Å². The average Bonchev–Trinajstić information content (AvgIpc) is 3.04. The van der Waals surface area contributed by atoms with Gasteiger partial charge in [0.25, 0.3) is 0 Å². The molecule has 1 atom stereocenters. The molecule has 1 aliphatic heterocycles. The number of nitrogens with one attached hydrogen (secondary N) is 2. The first-order chi connectivity index (χ1) is 9.67. The molecule has 2 amide bonds. The topological polar surface area (TPSA) is 78.1 Å². The van der Waals surface area contributed by atoms with Crippen LogP contribution in [0.4, 0.5) is 5.69 Å². The van der Waals surface area contributed by atoms with Crippen molar-refractivity contribution in [3.63, 3.8) is 0 Å². The summed E-state index contributed by atoms with van der Waals surface area (Å²) in [5.74, 6) is -0.308. The van der Waals surface area contributed by atoms with Crippen LogP contribution in [0.25, 0.3) is 10.9 Å². The van der Waals surface area contributed by atoms with Crippen LogP contribution < -0.4 is 5.32 Å². The van der Waals surface area contributed by atoms with E-state index in [1.807, 2.05) is 25.1 Å². The van der Waals surface area contributed by atoms with Crippen LogP contribution in [0.15, 0.2) is 24.4 Å². The van der Waals surface area contributed by atoms with E-state index in [4.69, 9.17) is 0 Å². The fourth-order valence-electron chi connectivity index (χ4n) is 2.52. The number of carbonyl (C=O) groups excluding carboxylic acids is 2. The molecule has 1 aliphatic rings. The number of nitrogens with zero attached hydrogens (tertiary/aromatic N) is 2. The lowest BCUT2D eigenvalue weighted by atomic mass is 10.1. The molecular weight excluding hydrogens is 256 g/mol. The molecule has 20 heavy (non-hydrogen) atoms. The molecule has 2 aromatic rings. The molecule has 1 saturated heterocycles. The molecule has 104 valence electrons. The third kappa shape index (κ3) is 2.24. The molecule has 2 heterocycles. The highest BCUT2D eigenvalue weighted by molar-refractivity contribution is 5.98. The summed E-state index contributed by atoms with van der Waals surface area (Å²) in [5, 5.41) is 10.6. The minimum Gasteiger partial charge on any atom is -0.342 e. The lowest BCUT2D eigenvalue weighted by Crippen LogP contribution is -2.28. The SMILES string of the molecule is CCN1CC(C(=O)Nc2ccc3[nH]ncc3c2)CC1=O. The van der Waals surface area contributed by atoms with E-state index in [9.17, 15) is 9.59 Å². The van der Waals surface area contributed by atoms with E-state index in [-0.39, 0.29) is 17.7 Å². The monoisotopic (exact) mass is 272 g/mol. The highest BCUT2D eigenvalue weighted by Crippen LogP contribution is 2.21. The number of anilines is 1. The number of hydrogen-bond acceptors (Lipinski definition) is 3. The van der Waals surface area contributed by atoms with Crippen molar-refractivity contribution in [3.8, 4) is 0 Å². The fraction of sp³-hybridized carbons (Fsp3) is 0.357. The fourth-order valence-corrected chi connectivity index (χ4v) is 2.52. The van der Waals surface area contributed by atoms with Crippen molar-refractivity contribution in [1.29, 1.82) is 0 Å². The van der Waals surface area contributed by atoms with Gasteiger partial charge in [0, 0.05) is 30.6 Å². The van der Waals surface area contributed by atoms with E-state index in [0.717, 1.165) is 16.6 Å². The van der Waals surface area contributed by atoms with Crippen LogP contribution in [0.1, 0.15) is 13.3 Å². The number of amides is 2. The smallest absolute Gasteiger partial charge is 0.229 e. The Morgan fingerprint density at radius 2 is 2.40 bits per heavy atom. The zero-order chi connectivity index (χ0) is 14.1. The van der Waals surface area contributed by atoms with Crippen LogP contribution in [0.3, 0.4) is 0 Å². The van der Waals surface area contributed by atoms with Crippen LogP contribution in [-0.4, -0.2) is 40.0 Å². The van der Waals surface area contributed by atoms with Gasteiger partial charge < -0.3 is 10.2 Å². The Bertz CT molecular complexity index is 664. The van der Waals surface area contributed by atoms with Gasteiger partial charge in [-0.1, -0.05) is 0 Å². The maximum atomic E-state index is 12.2. The van der Waals surface area contributed by atoms with Crippen molar-refractivity contribution in [2.45, 2.75) is 13.3 Å². The van der Waals surface area contributed by atoms with Crippen molar-refractivity contribution in [3.05, 3.63) is 24.4 Å². The second-order valence-corrected chi connectivity index (χ2v) is 4.99. The molecule has 1 fully saturated rings. The second-order valence-electron chi connectivity index (χ2n) is 4.99. The Morgan fingerprint density at radius 3 is 3.15 bits per heavy atom. The summed E-state index contributed by atoms with van der Waals surface area (Å²) in [7, 11) is 0. The number of aromatic amines is 1. The number of hydrogen-bond donors (Lipinski definition) is 2. The van der Waals surface area contributed by atoms with E-state index >= 15 is 0 Å². The lowest BCUT2D eigenvalue weighted by molar-refractivity contribution is -0.128.